The number of benzene rings is 1. The second-order valence-electron chi connectivity index (χ2n) is 3.77. The maximum atomic E-state index is 11.4. The fourth-order valence-corrected chi connectivity index (χ4v) is 1.71. The molecule has 6 nitrogen and oxygen atoms in total. The molecule has 0 saturated heterocycles. The number of esters is 1. The van der Waals surface area contributed by atoms with Crippen molar-refractivity contribution in [2.45, 2.75) is 6.42 Å². The normalized spacial score (nSPS) is 10.1. The first-order valence-corrected chi connectivity index (χ1v) is 7.25. The van der Waals surface area contributed by atoms with Gasteiger partial charge in [0.2, 0.25) is 0 Å². The first-order valence-electron chi connectivity index (χ1n) is 5.86. The van der Waals surface area contributed by atoms with E-state index in [1.54, 1.807) is 11.8 Å². The van der Waals surface area contributed by atoms with E-state index in [4.69, 9.17) is 14.6 Å². The maximum absolute atomic E-state index is 11.4. The molecule has 0 saturated carbocycles. The number of ether oxygens (including phenoxy) is 2. The summed E-state index contributed by atoms with van der Waals surface area (Å²) >= 11 is 1.56. The van der Waals surface area contributed by atoms with E-state index in [0.29, 0.717) is 12.2 Å². The van der Waals surface area contributed by atoms with Gasteiger partial charge in [-0.15, -0.1) is 0 Å². The Bertz CT molecular complexity index is 474. The fraction of sp³-hybridized carbons (Fsp3) is 0.385. The van der Waals surface area contributed by atoms with Gasteiger partial charge in [-0.25, -0.2) is 4.79 Å². The second kappa shape index (κ2) is 8.31. The summed E-state index contributed by atoms with van der Waals surface area (Å²) in [5.74, 6) is -1.24. The molecular formula is C13H15O6S-. The molecule has 20 heavy (non-hydrogen) atoms. The van der Waals surface area contributed by atoms with Crippen LogP contribution in [0, 0.1) is 0 Å². The summed E-state index contributed by atoms with van der Waals surface area (Å²) in [7, 11) is 0. The Morgan fingerprint density at radius 2 is 2.10 bits per heavy atom. The molecule has 0 unspecified atom stereocenters. The number of carbonyl (C=O) groups excluding carboxylic acids is 1. The van der Waals surface area contributed by atoms with Crippen molar-refractivity contribution < 1.29 is 29.3 Å². The minimum Gasteiger partial charge on any atom is -0.872 e. The Kier molecular flexibility index (Phi) is 6.72. The molecule has 7 heteroatoms. The molecule has 0 bridgehead atoms. The monoisotopic (exact) mass is 299 g/mol. The number of thioether (sulfide) groups is 1. The van der Waals surface area contributed by atoms with Crippen molar-refractivity contribution in [2.24, 2.45) is 0 Å². The van der Waals surface area contributed by atoms with Crippen molar-refractivity contribution in [3.8, 4) is 11.5 Å². The summed E-state index contributed by atoms with van der Waals surface area (Å²) in [6.07, 6.45) is 2.25. The molecule has 0 aromatic heterocycles. The molecule has 1 aromatic carbocycles. The van der Waals surface area contributed by atoms with Crippen molar-refractivity contribution in [3.63, 3.8) is 0 Å². The lowest BCUT2D eigenvalue weighted by atomic mass is 10.2. The molecular weight excluding hydrogens is 284 g/mol. The van der Waals surface area contributed by atoms with E-state index in [1.807, 2.05) is 6.26 Å². The average molecular weight is 299 g/mol. The van der Waals surface area contributed by atoms with Crippen LogP contribution in [0.25, 0.3) is 0 Å². The number of carboxylic acid groups (broad SMARTS) is 1. The number of hydrogen-bond donors (Lipinski definition) is 1. The maximum Gasteiger partial charge on any atom is 0.335 e. The van der Waals surface area contributed by atoms with E-state index in [-0.39, 0.29) is 30.5 Å². The molecule has 0 heterocycles. The Labute approximate surface area is 120 Å². The summed E-state index contributed by atoms with van der Waals surface area (Å²) in [4.78, 5) is 21.8. The van der Waals surface area contributed by atoms with Crippen molar-refractivity contribution in [1.82, 2.24) is 0 Å². The largest absolute Gasteiger partial charge is 0.872 e. The number of aromatic carboxylic acids is 1. The van der Waals surface area contributed by atoms with Gasteiger partial charge in [-0.1, -0.05) is 5.75 Å². The van der Waals surface area contributed by atoms with E-state index in [2.05, 4.69) is 0 Å². The van der Waals surface area contributed by atoms with Crippen molar-refractivity contribution >= 4 is 23.7 Å². The molecule has 0 aliphatic heterocycles. The van der Waals surface area contributed by atoms with Gasteiger partial charge in [0.1, 0.15) is 19.0 Å². The highest BCUT2D eigenvalue weighted by molar-refractivity contribution is 7.98. The van der Waals surface area contributed by atoms with Crippen LogP contribution in [-0.4, -0.2) is 42.3 Å². The lowest BCUT2D eigenvalue weighted by molar-refractivity contribution is -0.268. The van der Waals surface area contributed by atoms with Crippen molar-refractivity contribution in [2.75, 3.05) is 25.2 Å². The highest BCUT2D eigenvalue weighted by Crippen LogP contribution is 2.21. The van der Waals surface area contributed by atoms with Crippen LogP contribution in [0.15, 0.2) is 18.2 Å². The number of carbonyl (C=O) groups is 2. The predicted octanol–water partition coefficient (Wildman–Crippen LogP) is 1.13. The number of hydrogen-bond acceptors (Lipinski definition) is 6. The summed E-state index contributed by atoms with van der Waals surface area (Å²) in [5, 5.41) is 20.1. The van der Waals surface area contributed by atoms with Gasteiger partial charge in [0.05, 0.1) is 12.0 Å². The molecule has 0 amide bonds. The van der Waals surface area contributed by atoms with E-state index in [0.717, 1.165) is 6.07 Å². The third-order valence-corrected chi connectivity index (χ3v) is 2.92. The highest BCUT2D eigenvalue weighted by Gasteiger charge is 2.05. The number of carboxylic acids is 1. The topological polar surface area (TPSA) is 95.9 Å². The first-order chi connectivity index (χ1) is 9.54. The van der Waals surface area contributed by atoms with Crippen molar-refractivity contribution in [3.05, 3.63) is 23.8 Å². The lowest BCUT2D eigenvalue weighted by Gasteiger charge is -2.13. The molecule has 1 aromatic rings. The zero-order chi connectivity index (χ0) is 15.0. The third kappa shape index (κ3) is 5.40. The zero-order valence-electron chi connectivity index (χ0n) is 11.0. The Morgan fingerprint density at radius 3 is 2.70 bits per heavy atom. The Morgan fingerprint density at radius 1 is 1.35 bits per heavy atom. The molecule has 110 valence electrons. The van der Waals surface area contributed by atoms with Gasteiger partial charge in [0.25, 0.3) is 0 Å². The molecule has 1 N–H and O–H groups in total. The third-order valence-electron chi connectivity index (χ3n) is 2.31. The van der Waals surface area contributed by atoms with Gasteiger partial charge in [-0.2, -0.15) is 11.8 Å². The van der Waals surface area contributed by atoms with Crippen LogP contribution in [0.3, 0.4) is 0 Å². The SMILES string of the molecule is CSCCC(=O)OCCOc1ccc(C(=O)O)c([O-])c1. The molecule has 0 fully saturated rings. The molecule has 0 spiro atoms. The van der Waals surface area contributed by atoms with Gasteiger partial charge in [0, 0.05) is 5.75 Å². The smallest absolute Gasteiger partial charge is 0.335 e. The van der Waals surface area contributed by atoms with Crippen LogP contribution in [0.5, 0.6) is 11.5 Å². The second-order valence-corrected chi connectivity index (χ2v) is 4.76. The Balaban J connectivity index is 2.34. The number of rotatable bonds is 8. The van der Waals surface area contributed by atoms with Crippen LogP contribution in [0.4, 0.5) is 0 Å². The summed E-state index contributed by atoms with van der Waals surface area (Å²) < 4.78 is 10.1. The Hall–Kier alpha value is -1.89. The molecule has 0 aliphatic rings. The van der Waals surface area contributed by atoms with E-state index in [1.165, 1.54) is 12.1 Å². The highest BCUT2D eigenvalue weighted by atomic mass is 32.2. The molecule has 1 rings (SSSR count). The van der Waals surface area contributed by atoms with Gasteiger partial charge < -0.3 is 19.7 Å². The van der Waals surface area contributed by atoms with Gasteiger partial charge in [-0.3, -0.25) is 4.79 Å². The van der Waals surface area contributed by atoms with Gasteiger partial charge in [0.15, 0.2) is 0 Å². The average Bonchev–Trinajstić information content (AvgIpc) is 2.41. The van der Waals surface area contributed by atoms with E-state index < -0.39 is 11.7 Å². The first kappa shape index (κ1) is 16.2. The quantitative estimate of drug-likeness (QED) is 0.568. The van der Waals surface area contributed by atoms with E-state index in [9.17, 15) is 14.7 Å². The van der Waals surface area contributed by atoms with Crippen molar-refractivity contribution in [1.29, 1.82) is 0 Å². The minimum absolute atomic E-state index is 0.0854. The summed E-state index contributed by atoms with van der Waals surface area (Å²) in [6, 6.07) is 3.67. The van der Waals surface area contributed by atoms with E-state index >= 15 is 0 Å². The predicted molar refractivity (Wildman–Crippen MR) is 72.3 cm³/mol. The van der Waals surface area contributed by atoms with Gasteiger partial charge >= 0.3 is 11.9 Å². The zero-order valence-corrected chi connectivity index (χ0v) is 11.8. The van der Waals surface area contributed by atoms with Crippen LogP contribution < -0.4 is 9.84 Å². The van der Waals surface area contributed by atoms with Gasteiger partial charge in [-0.05, 0) is 24.5 Å². The summed E-state index contributed by atoms with van der Waals surface area (Å²) in [5.41, 5.74) is -0.305. The van der Waals surface area contributed by atoms with Crippen LogP contribution in [-0.2, 0) is 9.53 Å². The van der Waals surface area contributed by atoms with Crippen LogP contribution in [0.1, 0.15) is 16.8 Å². The van der Waals surface area contributed by atoms with Crippen LogP contribution in [0.2, 0.25) is 0 Å². The minimum atomic E-state index is -1.27. The standard InChI is InChI=1S/C13H16O6S/c1-20-7-4-12(15)19-6-5-18-9-2-3-10(13(16)17)11(14)8-9/h2-3,8,14H,4-7H2,1H3,(H,16,17)/p-1. The summed E-state index contributed by atoms with van der Waals surface area (Å²) in [6.45, 7) is 0.193. The fourth-order valence-electron chi connectivity index (χ4n) is 1.34. The molecule has 0 radical (unpaired) electrons. The lowest BCUT2D eigenvalue weighted by Crippen LogP contribution is -2.13. The molecule has 0 aliphatic carbocycles. The van der Waals surface area contributed by atoms with Crippen LogP contribution >= 0.6 is 11.8 Å². The molecule has 0 atom stereocenters.